The van der Waals surface area contributed by atoms with Crippen LogP contribution in [0.3, 0.4) is 0 Å². The molecule has 7 nitrogen and oxygen atoms in total. The molecule has 1 aromatic carbocycles. The monoisotopic (exact) mass is 438 g/mol. The smallest absolute Gasteiger partial charge is 0.229 e. The van der Waals surface area contributed by atoms with Gasteiger partial charge in [0.25, 0.3) is 0 Å². The Balaban J connectivity index is 1.25. The molecule has 2 fully saturated rings. The molecule has 5 rings (SSSR count). The van der Waals surface area contributed by atoms with Crippen LogP contribution in [0.2, 0.25) is 0 Å². The molecule has 3 aromatic rings. The first-order chi connectivity index (χ1) is 15.0. The highest BCUT2D eigenvalue weighted by Crippen LogP contribution is 2.35. The Morgan fingerprint density at radius 3 is 2.74 bits per heavy atom. The number of ether oxygens (including phenoxy) is 1. The van der Waals surface area contributed by atoms with E-state index in [-0.39, 0.29) is 24.0 Å². The molecular formula is C23H26N4O3S. The van der Waals surface area contributed by atoms with Crippen LogP contribution in [0, 0.1) is 11.8 Å². The number of hydrogen-bond donors (Lipinski definition) is 2. The number of benzene rings is 1. The second-order valence-electron chi connectivity index (χ2n) is 8.70. The van der Waals surface area contributed by atoms with Gasteiger partial charge in [-0.2, -0.15) is 0 Å². The fourth-order valence-corrected chi connectivity index (χ4v) is 5.25. The third-order valence-corrected chi connectivity index (χ3v) is 7.18. The maximum absolute atomic E-state index is 12.3. The predicted octanol–water partition coefficient (Wildman–Crippen LogP) is 4.17. The van der Waals surface area contributed by atoms with Gasteiger partial charge in [0.15, 0.2) is 11.0 Å². The van der Waals surface area contributed by atoms with E-state index < -0.39 is 0 Å². The van der Waals surface area contributed by atoms with Crippen molar-refractivity contribution < 1.29 is 14.6 Å². The van der Waals surface area contributed by atoms with Gasteiger partial charge in [-0.15, -0.1) is 0 Å². The second kappa shape index (κ2) is 8.61. The third-order valence-electron chi connectivity index (χ3n) is 6.25. The fourth-order valence-electron chi connectivity index (χ4n) is 4.34. The molecular weight excluding hydrogens is 412 g/mol. The molecule has 2 atom stereocenters. The summed E-state index contributed by atoms with van der Waals surface area (Å²) in [6.45, 7) is 2.48. The number of hydrogen-bond acceptors (Lipinski definition) is 7. The molecule has 162 valence electrons. The highest BCUT2D eigenvalue weighted by atomic mass is 32.1. The summed E-state index contributed by atoms with van der Waals surface area (Å²) in [6, 6.07) is 6.00. The minimum atomic E-state index is -0.377. The molecule has 0 spiro atoms. The van der Waals surface area contributed by atoms with Crippen molar-refractivity contribution in [2.24, 2.45) is 11.8 Å². The highest BCUT2D eigenvalue weighted by Gasteiger charge is 2.31. The maximum Gasteiger partial charge on any atom is 0.229 e. The van der Waals surface area contributed by atoms with E-state index >= 15 is 0 Å². The number of aliphatic hydroxyl groups is 1. The number of aliphatic hydroxyl groups excluding tert-OH is 1. The number of anilines is 1. The van der Waals surface area contributed by atoms with E-state index in [4.69, 9.17) is 4.74 Å². The number of amides is 1. The number of thiazole rings is 1. The van der Waals surface area contributed by atoms with Crippen LogP contribution in [0.25, 0.3) is 21.3 Å². The first-order valence-corrected chi connectivity index (χ1v) is 11.7. The van der Waals surface area contributed by atoms with Gasteiger partial charge in [0.1, 0.15) is 6.61 Å². The molecule has 0 radical (unpaired) electrons. The summed E-state index contributed by atoms with van der Waals surface area (Å²) in [4.78, 5) is 25.7. The Morgan fingerprint density at radius 1 is 1.23 bits per heavy atom. The van der Waals surface area contributed by atoms with Gasteiger partial charge >= 0.3 is 0 Å². The Labute approximate surface area is 184 Å². The molecule has 2 N–H and O–H groups in total. The van der Waals surface area contributed by atoms with Crippen molar-refractivity contribution in [3.05, 3.63) is 36.4 Å². The molecule has 2 aliphatic carbocycles. The van der Waals surface area contributed by atoms with Crippen LogP contribution < -0.4 is 5.32 Å². The van der Waals surface area contributed by atoms with Gasteiger partial charge in [0.05, 0.1) is 22.4 Å². The predicted molar refractivity (Wildman–Crippen MR) is 120 cm³/mol. The normalized spacial score (nSPS) is 25.5. The first kappa shape index (κ1) is 20.5. The van der Waals surface area contributed by atoms with Crippen molar-refractivity contribution in [3.8, 4) is 11.1 Å². The van der Waals surface area contributed by atoms with Gasteiger partial charge in [0.2, 0.25) is 5.91 Å². The van der Waals surface area contributed by atoms with Gasteiger partial charge in [-0.3, -0.25) is 4.79 Å². The van der Waals surface area contributed by atoms with Crippen molar-refractivity contribution >= 4 is 32.6 Å². The van der Waals surface area contributed by atoms with Gasteiger partial charge in [-0.25, -0.2) is 15.0 Å². The summed E-state index contributed by atoms with van der Waals surface area (Å²) in [5.41, 5.74) is 2.78. The molecule has 8 heteroatoms. The van der Waals surface area contributed by atoms with Gasteiger partial charge in [-0.05, 0) is 55.7 Å². The van der Waals surface area contributed by atoms with Crippen LogP contribution >= 0.6 is 11.3 Å². The summed E-state index contributed by atoms with van der Waals surface area (Å²) in [6.07, 6.45) is 7.70. The molecule has 31 heavy (non-hydrogen) atoms. The number of carbonyl (C=O) groups excluding carboxylic acids is 1. The van der Waals surface area contributed by atoms with Crippen molar-refractivity contribution in [1.82, 2.24) is 15.0 Å². The van der Waals surface area contributed by atoms with E-state index in [1.807, 2.05) is 12.1 Å². The zero-order valence-electron chi connectivity index (χ0n) is 17.5. The van der Waals surface area contributed by atoms with E-state index in [1.54, 1.807) is 12.4 Å². The molecule has 2 aromatic heterocycles. The zero-order valence-corrected chi connectivity index (χ0v) is 18.3. The number of nitrogens with zero attached hydrogens (tertiary/aromatic N) is 3. The number of aromatic nitrogens is 3. The van der Waals surface area contributed by atoms with Crippen molar-refractivity contribution in [2.75, 3.05) is 5.32 Å². The van der Waals surface area contributed by atoms with Gasteiger partial charge in [-0.1, -0.05) is 24.3 Å². The molecule has 2 heterocycles. The standard InChI is InChI=1S/C23H26N4O3S/c1-13-7-15(8-13)22(29)27-23-26-17-6-5-14(9-20(17)31-23)16-10-24-21(25-11-16)12-30-19-4-2-3-18(19)28/h5-6,9-11,13,15,18-19,28H,2-4,7-8,12H2,1H3,(H,26,27,29)/t13?,15?,18-,19-/m0/s1. The van der Waals surface area contributed by atoms with Crippen molar-refractivity contribution in [3.63, 3.8) is 0 Å². The van der Waals surface area contributed by atoms with Gasteiger partial charge < -0.3 is 15.2 Å². The van der Waals surface area contributed by atoms with E-state index in [0.717, 1.165) is 53.4 Å². The highest BCUT2D eigenvalue weighted by molar-refractivity contribution is 7.22. The third kappa shape index (κ3) is 4.46. The topological polar surface area (TPSA) is 97.2 Å². The quantitative estimate of drug-likeness (QED) is 0.600. The summed E-state index contributed by atoms with van der Waals surface area (Å²) < 4.78 is 6.77. The number of nitrogens with one attached hydrogen (secondary N) is 1. The SMILES string of the molecule is CC1CC(C(=O)Nc2nc3ccc(-c4cnc(CO[C@H]5CCC[C@@H]5O)nc4)cc3s2)C1. The maximum atomic E-state index is 12.3. The molecule has 0 saturated heterocycles. The van der Waals surface area contributed by atoms with E-state index in [2.05, 4.69) is 33.3 Å². The first-order valence-electron chi connectivity index (χ1n) is 10.9. The average molecular weight is 439 g/mol. The minimum Gasteiger partial charge on any atom is -0.390 e. The van der Waals surface area contributed by atoms with Crippen LogP contribution in [-0.4, -0.2) is 38.2 Å². The lowest BCUT2D eigenvalue weighted by Crippen LogP contribution is -2.33. The summed E-state index contributed by atoms with van der Waals surface area (Å²) in [5, 5.41) is 13.5. The lowest BCUT2D eigenvalue weighted by atomic mass is 9.76. The molecule has 1 amide bonds. The Hall–Kier alpha value is -2.42. The Kier molecular flexibility index (Phi) is 5.69. The largest absolute Gasteiger partial charge is 0.390 e. The zero-order chi connectivity index (χ0) is 21.4. The van der Waals surface area contributed by atoms with E-state index in [0.29, 0.717) is 23.5 Å². The summed E-state index contributed by atoms with van der Waals surface area (Å²) >= 11 is 1.49. The number of fused-ring (bicyclic) bond motifs is 1. The van der Waals surface area contributed by atoms with Crippen LogP contribution in [0.15, 0.2) is 30.6 Å². The Bertz CT molecular complexity index is 1080. The van der Waals surface area contributed by atoms with Crippen molar-refractivity contribution in [2.45, 2.75) is 57.8 Å². The lowest BCUT2D eigenvalue weighted by Gasteiger charge is -2.30. The molecule has 0 unspecified atom stereocenters. The molecule has 2 saturated carbocycles. The second-order valence-corrected chi connectivity index (χ2v) is 9.73. The minimum absolute atomic E-state index is 0.0775. The molecule has 2 aliphatic rings. The summed E-state index contributed by atoms with van der Waals surface area (Å²) in [5.74, 6) is 1.45. The number of carbonyl (C=O) groups is 1. The Morgan fingerprint density at radius 2 is 2.03 bits per heavy atom. The summed E-state index contributed by atoms with van der Waals surface area (Å²) in [7, 11) is 0. The molecule has 0 aliphatic heterocycles. The van der Waals surface area contributed by atoms with Crippen LogP contribution in [-0.2, 0) is 16.1 Å². The van der Waals surface area contributed by atoms with Crippen molar-refractivity contribution in [1.29, 1.82) is 0 Å². The average Bonchev–Trinajstić information content (AvgIpc) is 3.34. The van der Waals surface area contributed by atoms with Crippen LogP contribution in [0.4, 0.5) is 5.13 Å². The van der Waals surface area contributed by atoms with Gasteiger partial charge in [0, 0.05) is 23.9 Å². The van der Waals surface area contributed by atoms with Crippen LogP contribution in [0.5, 0.6) is 0 Å². The van der Waals surface area contributed by atoms with E-state index in [1.165, 1.54) is 11.3 Å². The van der Waals surface area contributed by atoms with Crippen LogP contribution in [0.1, 0.15) is 44.9 Å². The molecule has 0 bridgehead atoms. The fraction of sp³-hybridized carbons (Fsp3) is 0.478. The lowest BCUT2D eigenvalue weighted by molar-refractivity contribution is -0.123. The van der Waals surface area contributed by atoms with E-state index in [9.17, 15) is 9.90 Å². The number of rotatable bonds is 6.